The molecule has 0 radical (unpaired) electrons. The molecule has 0 atom stereocenters. The highest BCUT2D eigenvalue weighted by atomic mass is 19.1. The summed E-state index contributed by atoms with van der Waals surface area (Å²) < 4.78 is 14.6. The highest BCUT2D eigenvalue weighted by Gasteiger charge is 2.18. The van der Waals surface area contributed by atoms with Gasteiger partial charge in [0.2, 0.25) is 0 Å². The van der Waals surface area contributed by atoms with E-state index in [1.54, 1.807) is 24.6 Å². The maximum absolute atomic E-state index is 13.1. The summed E-state index contributed by atoms with van der Waals surface area (Å²) in [6.45, 7) is 1.76. The molecule has 2 aromatic rings. The van der Waals surface area contributed by atoms with Crippen molar-refractivity contribution in [3.05, 3.63) is 52.9 Å². The average molecular weight is 262 g/mol. The Bertz CT molecular complexity index is 620. The predicted octanol–water partition coefficient (Wildman–Crippen LogP) is 2.35. The first-order valence-corrected chi connectivity index (χ1v) is 5.99. The van der Waals surface area contributed by atoms with Gasteiger partial charge < -0.3 is 9.67 Å². The number of nitrogens with zero attached hydrogens (tertiary/aromatic N) is 2. The molecule has 0 saturated carbocycles. The van der Waals surface area contributed by atoms with Crippen molar-refractivity contribution >= 4 is 5.97 Å². The van der Waals surface area contributed by atoms with Crippen molar-refractivity contribution in [2.24, 2.45) is 7.05 Å². The number of imidazole rings is 1. The number of hydrogen-bond acceptors (Lipinski definition) is 2. The lowest BCUT2D eigenvalue weighted by Crippen LogP contribution is -2.08. The lowest BCUT2D eigenvalue weighted by Gasteiger charge is -2.02. The molecule has 0 aliphatic rings. The number of carbonyl (C=O) groups is 1. The fourth-order valence-electron chi connectivity index (χ4n) is 2.08. The largest absolute Gasteiger partial charge is 0.477 e. The van der Waals surface area contributed by atoms with Gasteiger partial charge in [-0.15, -0.1) is 0 Å². The van der Waals surface area contributed by atoms with Gasteiger partial charge in [0.05, 0.1) is 5.69 Å². The van der Waals surface area contributed by atoms with E-state index in [-0.39, 0.29) is 11.5 Å². The molecule has 0 aliphatic heterocycles. The molecule has 0 aliphatic carbocycles. The number of aryl methyl sites for hydroxylation is 3. The molecule has 1 N–H and O–H groups in total. The monoisotopic (exact) mass is 262 g/mol. The molecule has 0 unspecified atom stereocenters. The Morgan fingerprint density at radius 3 is 2.79 bits per heavy atom. The average Bonchev–Trinajstić information content (AvgIpc) is 2.63. The second kappa shape index (κ2) is 5.22. The van der Waals surface area contributed by atoms with Gasteiger partial charge in [0.25, 0.3) is 0 Å². The Labute approximate surface area is 110 Å². The van der Waals surface area contributed by atoms with Crippen LogP contribution in [0.1, 0.15) is 27.6 Å². The summed E-state index contributed by atoms with van der Waals surface area (Å²) in [5.74, 6) is -0.614. The van der Waals surface area contributed by atoms with E-state index in [2.05, 4.69) is 4.98 Å². The standard InChI is InChI=1S/C14H15FN2O2/c1-9-16-12(13(14(18)19)17(9)2)7-6-10-4-3-5-11(15)8-10/h3-5,8H,6-7H2,1-2H3,(H,18,19). The summed E-state index contributed by atoms with van der Waals surface area (Å²) in [5.41, 5.74) is 1.57. The van der Waals surface area contributed by atoms with Crippen molar-refractivity contribution in [2.75, 3.05) is 0 Å². The maximum Gasteiger partial charge on any atom is 0.354 e. The third kappa shape index (κ3) is 2.81. The summed E-state index contributed by atoms with van der Waals surface area (Å²) >= 11 is 0. The Kier molecular flexibility index (Phi) is 3.64. The molecule has 0 fully saturated rings. The van der Waals surface area contributed by atoms with E-state index >= 15 is 0 Å². The molecule has 2 rings (SSSR count). The van der Waals surface area contributed by atoms with Gasteiger partial charge in [-0.2, -0.15) is 0 Å². The third-order valence-corrected chi connectivity index (χ3v) is 3.13. The zero-order chi connectivity index (χ0) is 14.0. The SMILES string of the molecule is Cc1nc(CCc2cccc(F)c2)c(C(=O)O)n1C. The predicted molar refractivity (Wildman–Crippen MR) is 68.7 cm³/mol. The molecule has 1 aromatic heterocycles. The number of rotatable bonds is 4. The van der Waals surface area contributed by atoms with Gasteiger partial charge in [0, 0.05) is 7.05 Å². The smallest absolute Gasteiger partial charge is 0.354 e. The first-order valence-electron chi connectivity index (χ1n) is 5.99. The molecule has 5 heteroatoms. The van der Waals surface area contributed by atoms with Gasteiger partial charge in [-0.1, -0.05) is 12.1 Å². The van der Waals surface area contributed by atoms with E-state index in [0.29, 0.717) is 24.4 Å². The summed E-state index contributed by atoms with van der Waals surface area (Å²) in [6, 6.07) is 6.30. The lowest BCUT2D eigenvalue weighted by atomic mass is 10.1. The van der Waals surface area contributed by atoms with Crippen molar-refractivity contribution in [3.8, 4) is 0 Å². The van der Waals surface area contributed by atoms with Gasteiger partial charge in [-0.05, 0) is 37.5 Å². The highest BCUT2D eigenvalue weighted by molar-refractivity contribution is 5.87. The number of aromatic nitrogens is 2. The fourth-order valence-corrected chi connectivity index (χ4v) is 2.08. The van der Waals surface area contributed by atoms with E-state index in [1.807, 2.05) is 6.07 Å². The van der Waals surface area contributed by atoms with Crippen LogP contribution in [0.25, 0.3) is 0 Å². The topological polar surface area (TPSA) is 55.1 Å². The molecule has 1 aromatic carbocycles. The van der Waals surface area contributed by atoms with E-state index in [1.165, 1.54) is 12.1 Å². The quantitative estimate of drug-likeness (QED) is 0.920. The number of hydrogen-bond donors (Lipinski definition) is 1. The van der Waals surface area contributed by atoms with Gasteiger partial charge in [-0.3, -0.25) is 0 Å². The molecule has 1 heterocycles. The maximum atomic E-state index is 13.1. The van der Waals surface area contributed by atoms with Crippen LogP contribution in [0.5, 0.6) is 0 Å². The highest BCUT2D eigenvalue weighted by Crippen LogP contribution is 2.14. The summed E-state index contributed by atoms with van der Waals surface area (Å²) in [4.78, 5) is 15.5. The molecular weight excluding hydrogens is 247 g/mol. The molecule has 100 valence electrons. The van der Waals surface area contributed by atoms with E-state index in [4.69, 9.17) is 0 Å². The number of carboxylic acids is 1. The molecule has 0 bridgehead atoms. The van der Waals surface area contributed by atoms with Crippen molar-refractivity contribution < 1.29 is 14.3 Å². The number of halogens is 1. The zero-order valence-electron chi connectivity index (χ0n) is 10.9. The second-order valence-electron chi connectivity index (χ2n) is 4.45. The minimum absolute atomic E-state index is 0.203. The molecular formula is C14H15FN2O2. The van der Waals surface area contributed by atoms with Gasteiger partial charge in [-0.25, -0.2) is 14.2 Å². The Hall–Kier alpha value is -2.17. The van der Waals surface area contributed by atoms with Crippen LogP contribution in [-0.4, -0.2) is 20.6 Å². The summed E-state index contributed by atoms with van der Waals surface area (Å²) in [7, 11) is 1.68. The van der Waals surface area contributed by atoms with Crippen molar-refractivity contribution in [1.82, 2.24) is 9.55 Å². The number of benzene rings is 1. The summed E-state index contributed by atoms with van der Waals surface area (Å²) in [6.07, 6.45) is 1.04. The van der Waals surface area contributed by atoms with E-state index in [0.717, 1.165) is 5.56 Å². The van der Waals surface area contributed by atoms with Crippen LogP contribution in [0.2, 0.25) is 0 Å². The van der Waals surface area contributed by atoms with Crippen molar-refractivity contribution in [1.29, 1.82) is 0 Å². The lowest BCUT2D eigenvalue weighted by molar-refractivity contribution is 0.0685. The Morgan fingerprint density at radius 1 is 1.42 bits per heavy atom. The molecule has 0 spiro atoms. The fraction of sp³-hybridized carbons (Fsp3) is 0.286. The molecule has 0 saturated heterocycles. The van der Waals surface area contributed by atoms with E-state index < -0.39 is 5.97 Å². The molecule has 0 amide bonds. The van der Waals surface area contributed by atoms with Crippen molar-refractivity contribution in [3.63, 3.8) is 0 Å². The van der Waals surface area contributed by atoms with Gasteiger partial charge >= 0.3 is 5.97 Å². The van der Waals surface area contributed by atoms with Crippen molar-refractivity contribution in [2.45, 2.75) is 19.8 Å². The van der Waals surface area contributed by atoms with Crippen LogP contribution >= 0.6 is 0 Å². The Morgan fingerprint density at radius 2 is 2.16 bits per heavy atom. The van der Waals surface area contributed by atoms with E-state index in [9.17, 15) is 14.3 Å². The van der Waals surface area contributed by atoms with Gasteiger partial charge in [0.1, 0.15) is 17.3 Å². The Balaban J connectivity index is 2.20. The first kappa shape index (κ1) is 13.3. The number of aromatic carboxylic acids is 1. The van der Waals surface area contributed by atoms with Crippen LogP contribution in [0.15, 0.2) is 24.3 Å². The van der Waals surface area contributed by atoms with Crippen LogP contribution < -0.4 is 0 Å². The molecule has 19 heavy (non-hydrogen) atoms. The van der Waals surface area contributed by atoms with Crippen LogP contribution in [0.3, 0.4) is 0 Å². The zero-order valence-corrected chi connectivity index (χ0v) is 10.9. The second-order valence-corrected chi connectivity index (χ2v) is 4.45. The number of carboxylic acid groups (broad SMARTS) is 1. The molecule has 4 nitrogen and oxygen atoms in total. The summed E-state index contributed by atoms with van der Waals surface area (Å²) in [5, 5.41) is 9.18. The third-order valence-electron chi connectivity index (χ3n) is 3.13. The van der Waals surface area contributed by atoms with Gasteiger partial charge in [0.15, 0.2) is 0 Å². The van der Waals surface area contributed by atoms with Crippen LogP contribution in [-0.2, 0) is 19.9 Å². The minimum Gasteiger partial charge on any atom is -0.477 e. The van der Waals surface area contributed by atoms with Crippen LogP contribution in [0.4, 0.5) is 4.39 Å². The normalized spacial score (nSPS) is 10.7. The van der Waals surface area contributed by atoms with Crippen LogP contribution in [0, 0.1) is 12.7 Å². The minimum atomic E-state index is -0.989. The first-order chi connectivity index (χ1) is 8.99.